The van der Waals surface area contributed by atoms with Crippen LogP contribution in [-0.2, 0) is 9.47 Å². The van der Waals surface area contributed by atoms with Crippen LogP contribution in [0.4, 0.5) is 0 Å². The van der Waals surface area contributed by atoms with E-state index in [0.717, 1.165) is 36.9 Å². The van der Waals surface area contributed by atoms with Crippen LogP contribution in [0.5, 0.6) is 0 Å². The van der Waals surface area contributed by atoms with Crippen molar-refractivity contribution in [1.29, 1.82) is 0 Å². The molecule has 0 heterocycles. The standard InChI is InChI=1S/C18H34O2/c1-19-13-17-9-5-15(6-10-17)3-4-16-7-11-18(12-8-16)14-20-2/h15-18H,3-14H2,1-2H3. The Morgan fingerprint density at radius 2 is 0.850 bits per heavy atom. The van der Waals surface area contributed by atoms with Gasteiger partial charge in [0.25, 0.3) is 0 Å². The Bertz CT molecular complexity index is 212. The highest BCUT2D eigenvalue weighted by Gasteiger charge is 2.24. The van der Waals surface area contributed by atoms with Gasteiger partial charge in [0.15, 0.2) is 0 Å². The van der Waals surface area contributed by atoms with Gasteiger partial charge >= 0.3 is 0 Å². The summed E-state index contributed by atoms with van der Waals surface area (Å²) in [5, 5.41) is 0. The zero-order chi connectivity index (χ0) is 14.2. The maximum Gasteiger partial charge on any atom is 0.0490 e. The Balaban J connectivity index is 1.55. The summed E-state index contributed by atoms with van der Waals surface area (Å²) in [7, 11) is 3.68. The van der Waals surface area contributed by atoms with E-state index in [1.54, 1.807) is 0 Å². The molecule has 0 aromatic carbocycles. The largest absolute Gasteiger partial charge is 0.384 e. The molecule has 0 bridgehead atoms. The van der Waals surface area contributed by atoms with Crippen molar-refractivity contribution in [2.75, 3.05) is 27.4 Å². The molecule has 0 saturated heterocycles. The Morgan fingerprint density at radius 3 is 1.15 bits per heavy atom. The molecule has 0 unspecified atom stereocenters. The number of rotatable bonds is 7. The molecule has 2 nitrogen and oxygen atoms in total. The minimum Gasteiger partial charge on any atom is -0.384 e. The van der Waals surface area contributed by atoms with Gasteiger partial charge in [-0.3, -0.25) is 0 Å². The Labute approximate surface area is 125 Å². The van der Waals surface area contributed by atoms with Crippen LogP contribution in [-0.4, -0.2) is 27.4 Å². The van der Waals surface area contributed by atoms with Gasteiger partial charge in [-0.25, -0.2) is 0 Å². The Kier molecular flexibility index (Phi) is 7.37. The molecule has 2 rings (SSSR count). The van der Waals surface area contributed by atoms with Gasteiger partial charge < -0.3 is 9.47 Å². The van der Waals surface area contributed by atoms with Crippen LogP contribution < -0.4 is 0 Å². The highest BCUT2D eigenvalue weighted by molar-refractivity contribution is 4.76. The lowest BCUT2D eigenvalue weighted by atomic mass is 9.76. The first-order chi connectivity index (χ1) is 9.81. The zero-order valence-electron chi connectivity index (χ0n) is 13.6. The fraction of sp³-hybridized carbons (Fsp3) is 1.00. The molecule has 118 valence electrons. The van der Waals surface area contributed by atoms with Crippen LogP contribution in [0.25, 0.3) is 0 Å². The predicted octanol–water partition coefficient (Wildman–Crippen LogP) is 4.67. The van der Waals surface area contributed by atoms with Crippen LogP contribution in [0.1, 0.15) is 64.2 Å². The lowest BCUT2D eigenvalue weighted by Gasteiger charge is -2.31. The number of hydrogen-bond donors (Lipinski definition) is 0. The molecule has 2 heteroatoms. The van der Waals surface area contributed by atoms with E-state index >= 15 is 0 Å². The molecule has 0 spiro atoms. The van der Waals surface area contributed by atoms with Crippen molar-refractivity contribution < 1.29 is 9.47 Å². The van der Waals surface area contributed by atoms with Crippen molar-refractivity contribution in [3.05, 3.63) is 0 Å². The van der Waals surface area contributed by atoms with Crippen molar-refractivity contribution in [2.45, 2.75) is 64.2 Å². The Hall–Kier alpha value is -0.0800. The molecular weight excluding hydrogens is 248 g/mol. The summed E-state index contributed by atoms with van der Waals surface area (Å²) in [6.45, 7) is 1.96. The van der Waals surface area contributed by atoms with Crippen LogP contribution in [0.15, 0.2) is 0 Å². The first-order valence-corrected chi connectivity index (χ1v) is 8.79. The first-order valence-electron chi connectivity index (χ1n) is 8.79. The molecule has 2 fully saturated rings. The van der Waals surface area contributed by atoms with Gasteiger partial charge in [-0.2, -0.15) is 0 Å². The molecule has 0 aromatic rings. The Morgan fingerprint density at radius 1 is 0.550 bits per heavy atom. The molecular formula is C18H34O2. The van der Waals surface area contributed by atoms with Crippen LogP contribution in [0.2, 0.25) is 0 Å². The van der Waals surface area contributed by atoms with Crippen LogP contribution in [0.3, 0.4) is 0 Å². The summed E-state index contributed by atoms with van der Waals surface area (Å²) < 4.78 is 10.6. The monoisotopic (exact) mass is 282 g/mol. The smallest absolute Gasteiger partial charge is 0.0490 e. The molecule has 20 heavy (non-hydrogen) atoms. The molecule has 0 aromatic heterocycles. The van der Waals surface area contributed by atoms with Gasteiger partial charge in [-0.15, -0.1) is 0 Å². The highest BCUT2D eigenvalue weighted by Crippen LogP contribution is 2.36. The second-order valence-corrected chi connectivity index (χ2v) is 7.26. The summed E-state index contributed by atoms with van der Waals surface area (Å²) in [6, 6.07) is 0. The van der Waals surface area contributed by atoms with Crippen LogP contribution in [0, 0.1) is 23.7 Å². The summed E-state index contributed by atoms with van der Waals surface area (Å²) >= 11 is 0. The lowest BCUT2D eigenvalue weighted by Crippen LogP contribution is -2.21. The van der Waals surface area contributed by atoms with E-state index in [2.05, 4.69) is 0 Å². The molecule has 0 radical (unpaired) electrons. The fourth-order valence-corrected chi connectivity index (χ4v) is 4.32. The van der Waals surface area contributed by atoms with Crippen LogP contribution >= 0.6 is 0 Å². The molecule has 0 aliphatic heterocycles. The van der Waals surface area contributed by atoms with Gasteiger partial charge in [0, 0.05) is 27.4 Å². The summed E-state index contributed by atoms with van der Waals surface area (Å²) in [5.74, 6) is 3.72. The maximum absolute atomic E-state index is 5.29. The summed E-state index contributed by atoms with van der Waals surface area (Å²) in [4.78, 5) is 0. The lowest BCUT2D eigenvalue weighted by molar-refractivity contribution is 0.108. The number of ether oxygens (including phenoxy) is 2. The maximum atomic E-state index is 5.29. The second kappa shape index (κ2) is 9.04. The fourth-order valence-electron chi connectivity index (χ4n) is 4.32. The normalized spacial score (nSPS) is 35.1. The van der Waals surface area contributed by atoms with E-state index in [9.17, 15) is 0 Å². The van der Waals surface area contributed by atoms with Crippen molar-refractivity contribution in [1.82, 2.24) is 0 Å². The van der Waals surface area contributed by atoms with Gasteiger partial charge in [0.05, 0.1) is 0 Å². The van der Waals surface area contributed by atoms with E-state index in [0.29, 0.717) is 0 Å². The van der Waals surface area contributed by atoms with Crippen molar-refractivity contribution in [3.8, 4) is 0 Å². The van der Waals surface area contributed by atoms with E-state index < -0.39 is 0 Å². The summed E-state index contributed by atoms with van der Waals surface area (Å²) in [6.07, 6.45) is 14.4. The zero-order valence-corrected chi connectivity index (χ0v) is 13.6. The van der Waals surface area contributed by atoms with Crippen molar-refractivity contribution in [3.63, 3.8) is 0 Å². The van der Waals surface area contributed by atoms with E-state index in [1.807, 2.05) is 14.2 Å². The predicted molar refractivity (Wildman–Crippen MR) is 83.9 cm³/mol. The molecule has 0 N–H and O–H groups in total. The second-order valence-electron chi connectivity index (χ2n) is 7.26. The van der Waals surface area contributed by atoms with Crippen molar-refractivity contribution in [2.24, 2.45) is 23.7 Å². The SMILES string of the molecule is COCC1CCC(CCC2CCC(COC)CC2)CC1. The van der Waals surface area contributed by atoms with E-state index in [-0.39, 0.29) is 0 Å². The van der Waals surface area contributed by atoms with E-state index in [1.165, 1.54) is 64.2 Å². The highest BCUT2D eigenvalue weighted by atomic mass is 16.5. The van der Waals surface area contributed by atoms with Gasteiger partial charge in [-0.05, 0) is 49.4 Å². The first kappa shape index (κ1) is 16.3. The average molecular weight is 282 g/mol. The number of methoxy groups -OCH3 is 2. The molecule has 2 saturated carbocycles. The van der Waals surface area contributed by atoms with Gasteiger partial charge in [0.1, 0.15) is 0 Å². The molecule has 2 aliphatic carbocycles. The minimum absolute atomic E-state index is 0.848. The third kappa shape index (κ3) is 5.37. The van der Waals surface area contributed by atoms with Gasteiger partial charge in [-0.1, -0.05) is 38.5 Å². The molecule has 0 atom stereocenters. The summed E-state index contributed by atoms with van der Waals surface area (Å²) in [5.41, 5.74) is 0. The third-order valence-corrected chi connectivity index (χ3v) is 5.72. The minimum atomic E-state index is 0.848. The van der Waals surface area contributed by atoms with Crippen molar-refractivity contribution >= 4 is 0 Å². The number of hydrogen-bond acceptors (Lipinski definition) is 2. The average Bonchev–Trinajstić information content (AvgIpc) is 2.49. The quantitative estimate of drug-likeness (QED) is 0.675. The molecule has 0 amide bonds. The topological polar surface area (TPSA) is 18.5 Å². The van der Waals surface area contributed by atoms with E-state index in [4.69, 9.17) is 9.47 Å². The molecule has 2 aliphatic rings. The van der Waals surface area contributed by atoms with Gasteiger partial charge in [0.2, 0.25) is 0 Å². The third-order valence-electron chi connectivity index (χ3n) is 5.72.